The van der Waals surface area contributed by atoms with Crippen LogP contribution in [0.15, 0.2) is 18.2 Å². The third kappa shape index (κ3) is 2.36. The highest BCUT2D eigenvalue weighted by atomic mass is 35.5. The molecule has 13 heavy (non-hydrogen) atoms. The highest BCUT2D eigenvalue weighted by molar-refractivity contribution is 6.39. The average molecular weight is 218 g/mol. The minimum atomic E-state index is 0.0121. The van der Waals surface area contributed by atoms with Gasteiger partial charge < -0.3 is 4.74 Å². The normalized spacial score (nSPS) is 9.77. The standard InChI is InChI=1S/C9H9Cl2NO/c1-2-13-9(12)8-6(10)4-3-5-7(8)11/h3-5,12H,2H2,1H3. The van der Waals surface area contributed by atoms with Crippen LogP contribution in [0, 0.1) is 5.41 Å². The first-order chi connectivity index (χ1) is 6.16. The van der Waals surface area contributed by atoms with Gasteiger partial charge in [-0.05, 0) is 19.1 Å². The molecule has 4 heteroatoms. The number of halogens is 2. The van der Waals surface area contributed by atoms with Gasteiger partial charge in [-0.25, -0.2) is 0 Å². The van der Waals surface area contributed by atoms with Gasteiger partial charge in [0, 0.05) is 0 Å². The Bertz CT molecular complexity index is 305. The van der Waals surface area contributed by atoms with E-state index in [0.29, 0.717) is 22.2 Å². The first-order valence-electron chi connectivity index (χ1n) is 3.82. The summed E-state index contributed by atoms with van der Waals surface area (Å²) in [4.78, 5) is 0. The Kier molecular flexibility index (Phi) is 3.58. The SMILES string of the molecule is CCOC(=N)c1c(Cl)cccc1Cl. The van der Waals surface area contributed by atoms with Crippen LogP contribution >= 0.6 is 23.2 Å². The predicted octanol–water partition coefficient (Wildman–Crippen LogP) is 3.36. The summed E-state index contributed by atoms with van der Waals surface area (Å²) in [7, 11) is 0. The molecule has 0 saturated heterocycles. The third-order valence-electron chi connectivity index (χ3n) is 1.48. The maximum Gasteiger partial charge on any atom is 0.216 e. The van der Waals surface area contributed by atoms with Crippen molar-refractivity contribution in [2.45, 2.75) is 6.92 Å². The van der Waals surface area contributed by atoms with Gasteiger partial charge in [0.05, 0.1) is 22.2 Å². The molecule has 0 bridgehead atoms. The van der Waals surface area contributed by atoms with Crippen molar-refractivity contribution in [2.24, 2.45) is 0 Å². The molecule has 1 aromatic rings. The van der Waals surface area contributed by atoms with E-state index in [1.54, 1.807) is 25.1 Å². The van der Waals surface area contributed by atoms with Crippen LogP contribution in [0.1, 0.15) is 12.5 Å². The van der Waals surface area contributed by atoms with Gasteiger partial charge in [0.25, 0.3) is 0 Å². The lowest BCUT2D eigenvalue weighted by atomic mass is 10.2. The van der Waals surface area contributed by atoms with E-state index in [1.165, 1.54) is 0 Å². The number of hydrogen-bond donors (Lipinski definition) is 1. The zero-order valence-corrected chi connectivity index (χ0v) is 8.62. The summed E-state index contributed by atoms with van der Waals surface area (Å²) < 4.78 is 5.00. The van der Waals surface area contributed by atoms with Crippen LogP contribution in [0.25, 0.3) is 0 Å². The monoisotopic (exact) mass is 217 g/mol. The second-order valence-electron chi connectivity index (χ2n) is 2.36. The molecule has 0 amide bonds. The number of benzene rings is 1. The van der Waals surface area contributed by atoms with Crippen molar-refractivity contribution < 1.29 is 4.74 Å². The second kappa shape index (κ2) is 4.49. The van der Waals surface area contributed by atoms with Crippen molar-refractivity contribution in [3.8, 4) is 0 Å². The van der Waals surface area contributed by atoms with E-state index in [-0.39, 0.29) is 5.90 Å². The largest absolute Gasteiger partial charge is 0.478 e. The molecule has 0 unspecified atom stereocenters. The third-order valence-corrected chi connectivity index (χ3v) is 2.11. The van der Waals surface area contributed by atoms with Crippen LogP contribution in [-0.4, -0.2) is 12.5 Å². The summed E-state index contributed by atoms with van der Waals surface area (Å²) >= 11 is 11.7. The van der Waals surface area contributed by atoms with Gasteiger partial charge >= 0.3 is 0 Å². The summed E-state index contributed by atoms with van der Waals surface area (Å²) in [5, 5.41) is 8.39. The number of rotatable bonds is 2. The van der Waals surface area contributed by atoms with E-state index in [0.717, 1.165) is 0 Å². The Hall–Kier alpha value is -0.730. The molecule has 0 aliphatic carbocycles. The Balaban J connectivity index is 3.05. The molecule has 0 heterocycles. The molecule has 70 valence electrons. The van der Waals surface area contributed by atoms with Crippen LogP contribution in [0.3, 0.4) is 0 Å². The lowest BCUT2D eigenvalue weighted by Gasteiger charge is -2.07. The molecule has 1 N–H and O–H groups in total. The van der Waals surface area contributed by atoms with Crippen LogP contribution in [0.4, 0.5) is 0 Å². The summed E-state index contributed by atoms with van der Waals surface area (Å²) in [6.45, 7) is 2.24. The van der Waals surface area contributed by atoms with Crippen molar-refractivity contribution in [1.82, 2.24) is 0 Å². The Morgan fingerprint density at radius 2 is 1.92 bits per heavy atom. The van der Waals surface area contributed by atoms with Gasteiger partial charge in [-0.15, -0.1) is 0 Å². The highest BCUT2D eigenvalue weighted by Crippen LogP contribution is 2.24. The van der Waals surface area contributed by atoms with Gasteiger partial charge in [-0.1, -0.05) is 29.3 Å². The zero-order chi connectivity index (χ0) is 9.84. The van der Waals surface area contributed by atoms with Crippen molar-refractivity contribution in [3.05, 3.63) is 33.8 Å². The molecule has 0 aliphatic rings. The topological polar surface area (TPSA) is 33.1 Å². The molecule has 0 saturated carbocycles. The summed E-state index contributed by atoms with van der Waals surface area (Å²) in [5.41, 5.74) is 0.452. The summed E-state index contributed by atoms with van der Waals surface area (Å²) in [6, 6.07) is 5.08. The molecule has 1 aromatic carbocycles. The van der Waals surface area contributed by atoms with Gasteiger partial charge in [0.1, 0.15) is 0 Å². The van der Waals surface area contributed by atoms with Crippen molar-refractivity contribution in [1.29, 1.82) is 5.41 Å². The second-order valence-corrected chi connectivity index (χ2v) is 3.17. The quantitative estimate of drug-likeness (QED) is 0.599. The van der Waals surface area contributed by atoms with Crippen molar-refractivity contribution >= 4 is 29.1 Å². The molecule has 0 spiro atoms. The van der Waals surface area contributed by atoms with Gasteiger partial charge in [-0.3, -0.25) is 5.41 Å². The van der Waals surface area contributed by atoms with Gasteiger partial charge in [-0.2, -0.15) is 0 Å². The summed E-state index contributed by atoms with van der Waals surface area (Å²) in [5.74, 6) is 0.0121. The molecule has 0 aromatic heterocycles. The van der Waals surface area contributed by atoms with E-state index in [2.05, 4.69) is 0 Å². The maximum absolute atomic E-state index is 7.52. The van der Waals surface area contributed by atoms with Crippen LogP contribution in [0.2, 0.25) is 10.0 Å². The van der Waals surface area contributed by atoms with Gasteiger partial charge in [0.2, 0.25) is 5.90 Å². The predicted molar refractivity (Wildman–Crippen MR) is 54.9 cm³/mol. The smallest absolute Gasteiger partial charge is 0.216 e. The lowest BCUT2D eigenvalue weighted by Crippen LogP contribution is -2.06. The first kappa shape index (κ1) is 10.4. The van der Waals surface area contributed by atoms with E-state index in [1.807, 2.05) is 0 Å². The van der Waals surface area contributed by atoms with E-state index in [4.69, 9.17) is 33.3 Å². The molecule has 0 fully saturated rings. The fourth-order valence-corrected chi connectivity index (χ4v) is 1.50. The molecule has 0 radical (unpaired) electrons. The molecule has 2 nitrogen and oxygen atoms in total. The molecule has 0 aliphatic heterocycles. The van der Waals surface area contributed by atoms with Crippen LogP contribution in [-0.2, 0) is 4.74 Å². The van der Waals surface area contributed by atoms with E-state index < -0.39 is 0 Å². The Morgan fingerprint density at radius 1 is 1.38 bits per heavy atom. The number of nitrogens with one attached hydrogen (secondary N) is 1. The van der Waals surface area contributed by atoms with E-state index >= 15 is 0 Å². The Morgan fingerprint density at radius 3 is 2.38 bits per heavy atom. The first-order valence-corrected chi connectivity index (χ1v) is 4.58. The maximum atomic E-state index is 7.52. The van der Waals surface area contributed by atoms with Crippen molar-refractivity contribution in [2.75, 3.05) is 6.61 Å². The van der Waals surface area contributed by atoms with Gasteiger partial charge in [0.15, 0.2) is 0 Å². The van der Waals surface area contributed by atoms with E-state index in [9.17, 15) is 0 Å². The van der Waals surface area contributed by atoms with Crippen molar-refractivity contribution in [3.63, 3.8) is 0 Å². The number of hydrogen-bond acceptors (Lipinski definition) is 2. The minimum absolute atomic E-state index is 0.0121. The Labute approximate surface area is 86.9 Å². The molecular formula is C9H9Cl2NO. The minimum Gasteiger partial charge on any atom is -0.478 e. The van der Waals surface area contributed by atoms with Crippen LogP contribution in [0.5, 0.6) is 0 Å². The fourth-order valence-electron chi connectivity index (χ4n) is 0.931. The zero-order valence-electron chi connectivity index (χ0n) is 7.10. The lowest BCUT2D eigenvalue weighted by molar-refractivity contribution is 0.326. The molecule has 0 atom stereocenters. The molecule has 1 rings (SSSR count). The summed E-state index contributed by atoms with van der Waals surface area (Å²) in [6.07, 6.45) is 0. The molecular weight excluding hydrogens is 209 g/mol. The fraction of sp³-hybridized carbons (Fsp3) is 0.222. The highest BCUT2D eigenvalue weighted by Gasteiger charge is 2.11. The average Bonchev–Trinajstić information content (AvgIpc) is 2.04. The van der Waals surface area contributed by atoms with Crippen LogP contribution < -0.4 is 0 Å². The number of ether oxygens (including phenoxy) is 1.